The molecule has 0 aromatic heterocycles. The summed E-state index contributed by atoms with van der Waals surface area (Å²) in [5.74, 6) is 0. The van der Waals surface area contributed by atoms with Crippen LogP contribution in [0.3, 0.4) is 0 Å². The molecule has 2 aliphatic heterocycles. The maximum absolute atomic E-state index is 15.2. The molecule has 0 bridgehead atoms. The molecule has 0 aromatic carbocycles. The fourth-order valence-corrected chi connectivity index (χ4v) is 3.29. The number of rotatable bonds is 4. The summed E-state index contributed by atoms with van der Waals surface area (Å²) in [6.45, 7) is 12.5. The average molecular weight is 288 g/mol. The van der Waals surface area contributed by atoms with Crippen molar-refractivity contribution >= 4 is 0 Å². The molecule has 0 N–H and O–H groups in total. The number of hydrogen-bond donors (Lipinski definition) is 0. The van der Waals surface area contributed by atoms with Crippen molar-refractivity contribution in [2.24, 2.45) is 5.41 Å². The summed E-state index contributed by atoms with van der Waals surface area (Å²) in [5.41, 5.74) is -2.16. The van der Waals surface area contributed by atoms with E-state index in [2.05, 4.69) is 20.8 Å². The molecule has 20 heavy (non-hydrogen) atoms. The van der Waals surface area contributed by atoms with Gasteiger partial charge in [-0.15, -0.1) is 0 Å². The predicted octanol–water partition coefficient (Wildman–Crippen LogP) is 3.50. The highest BCUT2D eigenvalue weighted by atomic mass is 19.1. The molecule has 0 amide bonds. The summed E-state index contributed by atoms with van der Waals surface area (Å²) in [5, 5.41) is 0. The van der Waals surface area contributed by atoms with Crippen LogP contribution < -0.4 is 0 Å². The lowest BCUT2D eigenvalue weighted by atomic mass is 9.75. The van der Waals surface area contributed by atoms with Gasteiger partial charge in [-0.05, 0) is 20.3 Å². The largest absolute Gasteiger partial charge is 0.369 e. The van der Waals surface area contributed by atoms with Gasteiger partial charge in [-0.3, -0.25) is 0 Å². The first-order valence-corrected chi connectivity index (χ1v) is 7.71. The summed E-state index contributed by atoms with van der Waals surface area (Å²) < 4.78 is 32.8. The van der Waals surface area contributed by atoms with Crippen LogP contribution in [0, 0.1) is 5.41 Å². The fraction of sp³-hybridized carbons (Fsp3) is 1.00. The van der Waals surface area contributed by atoms with Gasteiger partial charge in [0.15, 0.2) is 5.67 Å². The molecule has 2 rings (SSSR count). The topological polar surface area (TPSA) is 27.7 Å². The first kappa shape index (κ1) is 16.2. The quantitative estimate of drug-likeness (QED) is 0.792. The van der Waals surface area contributed by atoms with Crippen LogP contribution in [0.1, 0.15) is 54.4 Å². The first-order valence-electron chi connectivity index (χ1n) is 7.71. The van der Waals surface area contributed by atoms with Crippen LogP contribution in [-0.2, 0) is 14.2 Å². The van der Waals surface area contributed by atoms with Gasteiger partial charge >= 0.3 is 0 Å². The zero-order chi connectivity index (χ0) is 15.2. The average Bonchev–Trinajstić information content (AvgIpc) is 2.81. The van der Waals surface area contributed by atoms with Crippen LogP contribution in [-0.4, -0.2) is 42.8 Å². The summed E-state index contributed by atoms with van der Waals surface area (Å²) in [6, 6.07) is 0. The molecule has 118 valence electrons. The highest BCUT2D eigenvalue weighted by Crippen LogP contribution is 2.48. The van der Waals surface area contributed by atoms with Gasteiger partial charge in [0.05, 0.1) is 18.8 Å². The minimum atomic E-state index is -1.44. The molecule has 0 saturated carbocycles. The molecule has 4 atom stereocenters. The van der Waals surface area contributed by atoms with E-state index in [4.69, 9.17) is 14.2 Å². The zero-order valence-corrected chi connectivity index (χ0v) is 13.7. The first-order chi connectivity index (χ1) is 9.11. The highest BCUT2D eigenvalue weighted by Gasteiger charge is 2.63. The lowest BCUT2D eigenvalue weighted by molar-refractivity contribution is -0.121. The number of fused-ring (bicyclic) bond motifs is 1. The molecular weight excluding hydrogens is 259 g/mol. The molecular formula is C16H29FO3. The Kier molecular flexibility index (Phi) is 4.22. The van der Waals surface area contributed by atoms with Crippen molar-refractivity contribution in [2.45, 2.75) is 84.0 Å². The van der Waals surface area contributed by atoms with Crippen molar-refractivity contribution in [3.8, 4) is 0 Å². The second-order valence-corrected chi connectivity index (χ2v) is 7.81. The molecule has 2 fully saturated rings. The van der Waals surface area contributed by atoms with Gasteiger partial charge in [-0.25, -0.2) is 4.39 Å². The lowest BCUT2D eigenvalue weighted by Crippen LogP contribution is -2.50. The molecule has 0 radical (unpaired) electrons. The smallest absolute Gasteiger partial charge is 0.167 e. The zero-order valence-electron chi connectivity index (χ0n) is 13.7. The van der Waals surface area contributed by atoms with Crippen molar-refractivity contribution in [3.63, 3.8) is 0 Å². The molecule has 2 heterocycles. The number of alkyl halides is 1. The molecule has 1 unspecified atom stereocenters. The van der Waals surface area contributed by atoms with Gasteiger partial charge in [0, 0.05) is 5.41 Å². The van der Waals surface area contributed by atoms with Crippen molar-refractivity contribution < 1.29 is 18.6 Å². The maximum atomic E-state index is 15.2. The van der Waals surface area contributed by atoms with Gasteiger partial charge in [0.1, 0.15) is 18.3 Å². The third-order valence-electron chi connectivity index (χ3n) is 4.61. The van der Waals surface area contributed by atoms with Crippen molar-refractivity contribution in [1.82, 2.24) is 0 Å². The van der Waals surface area contributed by atoms with E-state index >= 15 is 4.39 Å². The van der Waals surface area contributed by atoms with Gasteiger partial charge in [-0.1, -0.05) is 34.1 Å². The molecule has 0 spiro atoms. The van der Waals surface area contributed by atoms with Crippen LogP contribution in [0.5, 0.6) is 0 Å². The standard InChI is InChI=1S/C16H29FO3/c1-7-8-15(5,6)20-11-9-18-13-12(11)19-10-16(13,17)14(2,3)4/h11-13H,7-10H2,1-6H3/t11-,12-,13+,16?/m1/s1. The van der Waals surface area contributed by atoms with Gasteiger partial charge < -0.3 is 14.2 Å². The van der Waals surface area contributed by atoms with Gasteiger partial charge in [0.2, 0.25) is 0 Å². The minimum Gasteiger partial charge on any atom is -0.369 e. The Morgan fingerprint density at radius 2 is 1.85 bits per heavy atom. The van der Waals surface area contributed by atoms with E-state index in [0.717, 1.165) is 12.8 Å². The number of ether oxygens (including phenoxy) is 3. The molecule has 2 saturated heterocycles. The van der Waals surface area contributed by atoms with Crippen LogP contribution in [0.25, 0.3) is 0 Å². The lowest BCUT2D eigenvalue weighted by Gasteiger charge is -2.36. The fourth-order valence-electron chi connectivity index (χ4n) is 3.29. The summed E-state index contributed by atoms with van der Waals surface area (Å²) in [4.78, 5) is 0. The molecule has 2 aliphatic rings. The normalized spacial score (nSPS) is 38.2. The van der Waals surface area contributed by atoms with Gasteiger partial charge in [0.25, 0.3) is 0 Å². The maximum Gasteiger partial charge on any atom is 0.167 e. The summed E-state index contributed by atoms with van der Waals surface area (Å²) in [7, 11) is 0. The Labute approximate surface area is 122 Å². The van der Waals surface area contributed by atoms with E-state index in [0.29, 0.717) is 6.61 Å². The Hall–Kier alpha value is -0.190. The van der Waals surface area contributed by atoms with E-state index in [9.17, 15) is 0 Å². The van der Waals surface area contributed by atoms with Gasteiger partial charge in [-0.2, -0.15) is 0 Å². The van der Waals surface area contributed by atoms with Crippen LogP contribution >= 0.6 is 0 Å². The summed E-state index contributed by atoms with van der Waals surface area (Å²) in [6.07, 6.45) is 1.08. The van der Waals surface area contributed by atoms with E-state index in [1.165, 1.54) is 0 Å². The highest BCUT2D eigenvalue weighted by molar-refractivity contribution is 5.10. The summed E-state index contributed by atoms with van der Waals surface area (Å²) >= 11 is 0. The molecule has 0 aromatic rings. The molecule has 3 nitrogen and oxygen atoms in total. The third-order valence-corrected chi connectivity index (χ3v) is 4.61. The Bertz CT molecular complexity index is 350. The van der Waals surface area contributed by atoms with E-state index in [-0.39, 0.29) is 24.4 Å². The predicted molar refractivity (Wildman–Crippen MR) is 76.6 cm³/mol. The third kappa shape index (κ3) is 2.75. The Morgan fingerprint density at radius 1 is 1.20 bits per heavy atom. The SMILES string of the molecule is CCCC(C)(C)O[C@@H]1CO[C@H]2[C@@H]1OCC2(F)C(C)(C)C. The van der Waals surface area contributed by atoms with E-state index in [1.54, 1.807) is 0 Å². The van der Waals surface area contributed by atoms with Crippen molar-refractivity contribution in [2.75, 3.05) is 13.2 Å². The number of halogens is 1. The van der Waals surface area contributed by atoms with Crippen molar-refractivity contribution in [1.29, 1.82) is 0 Å². The van der Waals surface area contributed by atoms with E-state index in [1.807, 2.05) is 20.8 Å². The van der Waals surface area contributed by atoms with E-state index < -0.39 is 17.2 Å². The minimum absolute atomic E-state index is 0.0971. The number of hydrogen-bond acceptors (Lipinski definition) is 3. The van der Waals surface area contributed by atoms with Crippen LogP contribution in [0.4, 0.5) is 4.39 Å². The van der Waals surface area contributed by atoms with Crippen LogP contribution in [0.2, 0.25) is 0 Å². The monoisotopic (exact) mass is 288 g/mol. The second-order valence-electron chi connectivity index (χ2n) is 7.81. The second kappa shape index (κ2) is 5.22. The Morgan fingerprint density at radius 3 is 2.40 bits per heavy atom. The molecule has 4 heteroatoms. The van der Waals surface area contributed by atoms with Crippen LogP contribution in [0.15, 0.2) is 0 Å². The van der Waals surface area contributed by atoms with Crippen molar-refractivity contribution in [3.05, 3.63) is 0 Å². The Balaban J connectivity index is 2.07. The molecule has 0 aliphatic carbocycles.